The van der Waals surface area contributed by atoms with Crippen molar-refractivity contribution in [2.45, 2.75) is 70.3 Å². The Kier molecular flexibility index (Phi) is 7.24. The van der Waals surface area contributed by atoms with Crippen molar-refractivity contribution in [1.82, 2.24) is 20.3 Å². The molecule has 10 heteroatoms. The summed E-state index contributed by atoms with van der Waals surface area (Å²) in [7, 11) is -3.41. The van der Waals surface area contributed by atoms with E-state index in [9.17, 15) is 22.8 Å². The van der Waals surface area contributed by atoms with Crippen molar-refractivity contribution in [3.8, 4) is 0 Å². The summed E-state index contributed by atoms with van der Waals surface area (Å²) in [6.45, 7) is 5.38. The Morgan fingerprint density at radius 1 is 1.19 bits per heavy atom. The zero-order valence-electron chi connectivity index (χ0n) is 18.8. The summed E-state index contributed by atoms with van der Waals surface area (Å²) in [5, 5.41) is 5.56. The highest BCUT2D eigenvalue weighted by Crippen LogP contribution is 2.38. The molecule has 0 unspecified atom stereocenters. The smallest absolute Gasteiger partial charge is 0.325 e. The lowest BCUT2D eigenvalue weighted by Gasteiger charge is -2.36. The molecular formula is C22H32N4O5S. The van der Waals surface area contributed by atoms with Crippen LogP contribution in [0.15, 0.2) is 24.3 Å². The van der Waals surface area contributed by atoms with Gasteiger partial charge in [0, 0.05) is 12.6 Å². The summed E-state index contributed by atoms with van der Waals surface area (Å²) in [5.74, 6) is -0.824. The van der Waals surface area contributed by atoms with Crippen LogP contribution in [0.3, 0.4) is 0 Å². The maximum atomic E-state index is 12.9. The molecule has 0 aromatic heterocycles. The highest BCUT2D eigenvalue weighted by molar-refractivity contribution is 7.88. The Labute approximate surface area is 189 Å². The van der Waals surface area contributed by atoms with E-state index >= 15 is 0 Å². The van der Waals surface area contributed by atoms with Crippen molar-refractivity contribution in [2.75, 3.05) is 6.54 Å². The maximum Gasteiger partial charge on any atom is 0.325 e. The third-order valence-electron chi connectivity index (χ3n) is 6.09. The number of carbonyl (C=O) groups is 3. The van der Waals surface area contributed by atoms with Crippen LogP contribution in [0.1, 0.15) is 57.6 Å². The summed E-state index contributed by atoms with van der Waals surface area (Å²) in [5.41, 5.74) is 0.543. The molecule has 3 rings (SSSR count). The van der Waals surface area contributed by atoms with Gasteiger partial charge in [-0.25, -0.2) is 17.9 Å². The third-order valence-corrected chi connectivity index (χ3v) is 7.63. The predicted octanol–water partition coefficient (Wildman–Crippen LogP) is 1.63. The highest BCUT2D eigenvalue weighted by Gasteiger charge is 2.55. The number of rotatable bonds is 8. The fraction of sp³-hybridized carbons (Fsp3) is 0.591. The van der Waals surface area contributed by atoms with Crippen molar-refractivity contribution in [2.24, 2.45) is 5.92 Å². The zero-order chi connectivity index (χ0) is 23.5. The fourth-order valence-electron chi connectivity index (χ4n) is 4.41. The second-order valence-electron chi connectivity index (χ2n) is 9.06. The Morgan fingerprint density at radius 3 is 2.47 bits per heavy atom. The second-order valence-corrected chi connectivity index (χ2v) is 10.8. The molecule has 3 N–H and O–H groups in total. The van der Waals surface area contributed by atoms with E-state index in [1.807, 2.05) is 6.92 Å². The Balaban J connectivity index is 1.53. The minimum atomic E-state index is -3.41. The molecule has 1 spiro atoms. The van der Waals surface area contributed by atoms with Gasteiger partial charge < -0.3 is 10.6 Å². The zero-order valence-corrected chi connectivity index (χ0v) is 19.6. The molecule has 0 bridgehead atoms. The Morgan fingerprint density at radius 2 is 1.84 bits per heavy atom. The lowest BCUT2D eigenvalue weighted by Crippen LogP contribution is -2.54. The van der Waals surface area contributed by atoms with E-state index < -0.39 is 27.5 Å². The largest absolute Gasteiger partial charge is 0.350 e. The third kappa shape index (κ3) is 5.47. The number of hydrogen-bond acceptors (Lipinski definition) is 5. The quantitative estimate of drug-likeness (QED) is 0.505. The van der Waals surface area contributed by atoms with Crippen LogP contribution in [0.2, 0.25) is 0 Å². The van der Waals surface area contributed by atoms with E-state index in [2.05, 4.69) is 15.4 Å². The van der Waals surface area contributed by atoms with E-state index in [-0.39, 0.29) is 36.7 Å². The first kappa shape index (κ1) is 24.2. The second kappa shape index (κ2) is 9.58. The molecule has 2 aliphatic rings. The molecule has 9 nitrogen and oxygen atoms in total. The molecule has 1 heterocycles. The average molecular weight is 465 g/mol. The van der Waals surface area contributed by atoms with E-state index in [4.69, 9.17) is 0 Å². The molecule has 1 aliphatic carbocycles. The summed E-state index contributed by atoms with van der Waals surface area (Å²) >= 11 is 0. The molecule has 1 saturated heterocycles. The summed E-state index contributed by atoms with van der Waals surface area (Å²) < 4.78 is 26.6. The molecule has 1 aliphatic heterocycles. The lowest BCUT2D eigenvalue weighted by molar-refractivity contribution is -0.137. The molecular weight excluding hydrogens is 432 g/mol. The summed E-state index contributed by atoms with van der Waals surface area (Å²) in [4.78, 5) is 38.7. The molecule has 1 saturated carbocycles. The van der Waals surface area contributed by atoms with Crippen molar-refractivity contribution in [3.63, 3.8) is 0 Å². The summed E-state index contributed by atoms with van der Waals surface area (Å²) in [6, 6.07) is 6.20. The first-order chi connectivity index (χ1) is 15.0. The van der Waals surface area contributed by atoms with Gasteiger partial charge in [0.1, 0.15) is 12.1 Å². The molecule has 1 aromatic carbocycles. The van der Waals surface area contributed by atoms with Gasteiger partial charge >= 0.3 is 6.03 Å². The average Bonchev–Trinajstić information content (AvgIpc) is 2.93. The highest BCUT2D eigenvalue weighted by atomic mass is 32.2. The number of imide groups is 1. The summed E-state index contributed by atoms with van der Waals surface area (Å²) in [6.07, 6.45) is 3.38. The van der Waals surface area contributed by atoms with Gasteiger partial charge in [0.2, 0.25) is 15.9 Å². The van der Waals surface area contributed by atoms with Crippen molar-refractivity contribution >= 4 is 27.9 Å². The monoisotopic (exact) mass is 464 g/mol. The number of benzene rings is 1. The SMILES string of the molecule is CC(C)NS(=O)(=O)Cc1ccc(CNC(=O)CN2C(=O)N[C@]3(CCCC[C@H]3C)C2=O)cc1. The van der Waals surface area contributed by atoms with Crippen LogP contribution < -0.4 is 15.4 Å². The van der Waals surface area contributed by atoms with Gasteiger partial charge in [-0.1, -0.05) is 44.0 Å². The minimum absolute atomic E-state index is 0.0406. The number of nitrogens with one attached hydrogen (secondary N) is 3. The van der Waals surface area contributed by atoms with Gasteiger partial charge in [-0.2, -0.15) is 0 Å². The van der Waals surface area contributed by atoms with Gasteiger partial charge in [-0.15, -0.1) is 0 Å². The van der Waals surface area contributed by atoms with Crippen molar-refractivity contribution < 1.29 is 22.8 Å². The number of sulfonamides is 1. The Bertz CT molecular complexity index is 977. The first-order valence-electron chi connectivity index (χ1n) is 11.0. The van der Waals surface area contributed by atoms with Gasteiger partial charge in [0.15, 0.2) is 0 Å². The van der Waals surface area contributed by atoms with Crippen LogP contribution in [0, 0.1) is 5.92 Å². The van der Waals surface area contributed by atoms with Crippen molar-refractivity contribution in [1.29, 1.82) is 0 Å². The molecule has 2 atom stereocenters. The van der Waals surface area contributed by atoms with Gasteiger partial charge in [0.05, 0.1) is 5.75 Å². The van der Waals surface area contributed by atoms with Crippen molar-refractivity contribution in [3.05, 3.63) is 35.4 Å². The maximum absolute atomic E-state index is 12.9. The molecule has 0 radical (unpaired) electrons. The number of hydrogen-bond donors (Lipinski definition) is 3. The van der Waals surface area contributed by atoms with E-state index in [0.717, 1.165) is 29.7 Å². The number of carbonyl (C=O) groups excluding carboxylic acids is 3. The van der Waals surface area contributed by atoms with Crippen LogP contribution in [0.25, 0.3) is 0 Å². The standard InChI is InChI=1S/C22H32N4O5S/c1-15(2)25-32(30,31)14-18-9-7-17(8-10-18)12-23-19(27)13-26-20(28)22(24-21(26)29)11-5-4-6-16(22)3/h7-10,15-16,25H,4-6,11-14H2,1-3H3,(H,23,27)(H,24,29)/t16-,22+/m1/s1. The molecule has 4 amide bonds. The normalized spacial score (nSPS) is 23.6. The molecule has 2 fully saturated rings. The Hall–Kier alpha value is -2.46. The van der Waals surface area contributed by atoms with E-state index in [0.29, 0.717) is 12.0 Å². The fourth-order valence-corrected chi connectivity index (χ4v) is 5.85. The first-order valence-corrected chi connectivity index (χ1v) is 12.7. The van der Waals surface area contributed by atoms with Crippen LogP contribution in [-0.4, -0.2) is 49.3 Å². The topological polar surface area (TPSA) is 125 Å². The van der Waals surface area contributed by atoms with Crippen LogP contribution >= 0.6 is 0 Å². The predicted molar refractivity (Wildman–Crippen MR) is 120 cm³/mol. The molecule has 176 valence electrons. The van der Waals surface area contributed by atoms with Gasteiger partial charge in [-0.05, 0) is 43.7 Å². The minimum Gasteiger partial charge on any atom is -0.350 e. The number of amides is 4. The van der Waals surface area contributed by atoms with Gasteiger partial charge in [0.25, 0.3) is 5.91 Å². The van der Waals surface area contributed by atoms with Crippen LogP contribution in [0.4, 0.5) is 4.79 Å². The van der Waals surface area contributed by atoms with Gasteiger partial charge in [-0.3, -0.25) is 14.5 Å². The van der Waals surface area contributed by atoms with Crippen LogP contribution in [0.5, 0.6) is 0 Å². The van der Waals surface area contributed by atoms with E-state index in [1.165, 1.54) is 0 Å². The molecule has 1 aromatic rings. The van der Waals surface area contributed by atoms with E-state index in [1.54, 1.807) is 38.1 Å². The molecule has 32 heavy (non-hydrogen) atoms. The number of nitrogens with zero attached hydrogens (tertiary/aromatic N) is 1. The lowest BCUT2D eigenvalue weighted by atomic mass is 9.73. The number of urea groups is 1. The van der Waals surface area contributed by atoms with Crippen LogP contribution in [-0.2, 0) is 31.9 Å².